The molecule has 0 bridgehead atoms. The van der Waals surface area contributed by atoms with Gasteiger partial charge in [-0.15, -0.1) is 0 Å². The highest BCUT2D eigenvalue weighted by Gasteiger charge is 2.42. The second kappa shape index (κ2) is 12.3. The van der Waals surface area contributed by atoms with Gasteiger partial charge in [-0.3, -0.25) is 0 Å². The fourth-order valence-corrected chi connectivity index (χ4v) is 4.94. The van der Waals surface area contributed by atoms with E-state index in [1.54, 1.807) is 55.6 Å². The van der Waals surface area contributed by atoms with Gasteiger partial charge in [0.2, 0.25) is 11.6 Å². The molecule has 2 aliphatic heterocycles. The van der Waals surface area contributed by atoms with Crippen LogP contribution in [0.5, 0.6) is 0 Å². The predicted octanol–water partition coefficient (Wildman–Crippen LogP) is 6.13. The van der Waals surface area contributed by atoms with Crippen LogP contribution in [0.2, 0.25) is 0 Å². The van der Waals surface area contributed by atoms with Gasteiger partial charge in [0.15, 0.2) is 5.82 Å². The van der Waals surface area contributed by atoms with E-state index in [-0.39, 0.29) is 49.7 Å². The Kier molecular flexibility index (Phi) is 9.88. The fraction of sp³-hybridized carbons (Fsp3) is 0.692. The number of anilines is 1. The number of aromatic nitrogens is 4. The Morgan fingerprint density at radius 3 is 1.48 bits per heavy atom. The molecule has 0 saturated heterocycles. The second-order valence-corrected chi connectivity index (χ2v) is 13.1. The van der Waals surface area contributed by atoms with Crippen molar-refractivity contribution in [3.05, 3.63) is 27.6 Å². The van der Waals surface area contributed by atoms with Crippen molar-refractivity contribution < 1.29 is 45.4 Å². The number of rotatable bonds is 1. The second-order valence-electron chi connectivity index (χ2n) is 12.4. The van der Waals surface area contributed by atoms with Gasteiger partial charge < -0.3 is 33.3 Å². The molecule has 0 atom stereocenters. The van der Waals surface area contributed by atoms with Crippen LogP contribution in [0.4, 0.5) is 41.7 Å². The SMILES string of the molecule is CC(C)(C)OC(=O)N1CCn2c(C(F)(F)F)nc(Br)c2C1.CN(C)c1nc(C(F)(F)F)n2c1CN(C(=O)OC(C)(C)C)CC2. The maximum atomic E-state index is 13.1. The normalized spacial score (nSPS) is 15.6. The molecule has 0 spiro atoms. The number of imidazole rings is 2. The average molecular weight is 705 g/mol. The first-order valence-electron chi connectivity index (χ1n) is 13.5. The van der Waals surface area contributed by atoms with Crippen LogP contribution in [0.1, 0.15) is 64.6 Å². The third-order valence-electron chi connectivity index (χ3n) is 6.18. The topological polar surface area (TPSA) is 98.0 Å². The summed E-state index contributed by atoms with van der Waals surface area (Å²) in [6.07, 6.45) is -10.1. The number of nitrogens with zero attached hydrogens (tertiary/aromatic N) is 7. The van der Waals surface area contributed by atoms with Crippen LogP contribution in [0.3, 0.4) is 0 Å². The first kappa shape index (κ1) is 35.3. The quantitative estimate of drug-likeness (QED) is 0.330. The molecule has 0 fully saturated rings. The number of carbonyl (C=O) groups is 2. The van der Waals surface area contributed by atoms with Crippen molar-refractivity contribution in [1.29, 1.82) is 0 Å². The molecule has 0 aromatic carbocycles. The molecule has 2 amide bonds. The lowest BCUT2D eigenvalue weighted by atomic mass is 10.2. The van der Waals surface area contributed by atoms with Gasteiger partial charge in [0.25, 0.3) is 0 Å². The van der Waals surface area contributed by atoms with Crippen LogP contribution >= 0.6 is 15.9 Å². The van der Waals surface area contributed by atoms with E-state index < -0.39 is 47.4 Å². The molecule has 248 valence electrons. The zero-order chi connectivity index (χ0) is 33.6. The van der Waals surface area contributed by atoms with Gasteiger partial charge in [0, 0.05) is 40.3 Å². The van der Waals surface area contributed by atoms with Crippen molar-refractivity contribution in [2.75, 3.05) is 32.1 Å². The minimum Gasteiger partial charge on any atom is -0.444 e. The van der Waals surface area contributed by atoms with Crippen LogP contribution in [-0.2, 0) is 48.0 Å². The summed E-state index contributed by atoms with van der Waals surface area (Å²) in [5.74, 6) is -1.67. The van der Waals surface area contributed by atoms with Crippen molar-refractivity contribution in [2.24, 2.45) is 0 Å². The van der Waals surface area contributed by atoms with E-state index in [1.807, 2.05) is 0 Å². The third kappa shape index (κ3) is 8.50. The van der Waals surface area contributed by atoms with E-state index in [1.165, 1.54) is 14.7 Å². The Morgan fingerprint density at radius 2 is 1.09 bits per heavy atom. The molecule has 2 aliphatic rings. The molecule has 0 unspecified atom stereocenters. The molecule has 11 nitrogen and oxygen atoms in total. The lowest BCUT2D eigenvalue weighted by Gasteiger charge is -2.32. The molecular weight excluding hydrogens is 668 g/mol. The number of fused-ring (bicyclic) bond motifs is 2. The first-order valence-corrected chi connectivity index (χ1v) is 14.3. The Bertz CT molecular complexity index is 1370. The monoisotopic (exact) mass is 703 g/mol. The standard InChI is InChI=1S/C14H21F3N4O2.C12H15BrF3N3O2/c1-13(2,3)23-12(22)20-6-7-21-9(8-20)10(19(4)5)18-11(21)14(15,16)17;1-11(2,3)21-10(20)18-4-5-19-7(6-18)8(13)17-9(19)12(14,15)16/h6-8H2,1-5H3;4-6H2,1-3H3. The van der Waals surface area contributed by atoms with Gasteiger partial charge in [0.05, 0.1) is 24.5 Å². The molecule has 0 N–H and O–H groups in total. The van der Waals surface area contributed by atoms with Gasteiger partial charge in [0.1, 0.15) is 15.8 Å². The van der Waals surface area contributed by atoms with Crippen molar-refractivity contribution >= 4 is 33.9 Å². The third-order valence-corrected chi connectivity index (χ3v) is 6.81. The van der Waals surface area contributed by atoms with Crippen LogP contribution in [0, 0.1) is 0 Å². The number of hydrogen-bond acceptors (Lipinski definition) is 7. The minimum absolute atomic E-state index is 0.0264. The van der Waals surface area contributed by atoms with Gasteiger partial charge >= 0.3 is 24.5 Å². The van der Waals surface area contributed by atoms with Crippen LogP contribution in [0.15, 0.2) is 4.60 Å². The molecule has 2 aromatic heterocycles. The Labute approximate surface area is 259 Å². The molecule has 0 radical (unpaired) electrons. The van der Waals surface area contributed by atoms with Gasteiger partial charge in [-0.25, -0.2) is 19.6 Å². The van der Waals surface area contributed by atoms with Crippen LogP contribution in [0.25, 0.3) is 0 Å². The molecule has 4 rings (SSSR count). The van der Waals surface area contributed by atoms with Crippen molar-refractivity contribution in [1.82, 2.24) is 28.9 Å². The number of carbonyl (C=O) groups excluding carboxylic acids is 2. The predicted molar refractivity (Wildman–Crippen MR) is 150 cm³/mol. The van der Waals surface area contributed by atoms with Gasteiger partial charge in [-0.05, 0) is 57.5 Å². The summed E-state index contributed by atoms with van der Waals surface area (Å²) in [5.41, 5.74) is -0.627. The van der Waals surface area contributed by atoms with E-state index >= 15 is 0 Å². The Balaban J connectivity index is 0.000000241. The maximum Gasteiger partial charge on any atom is 0.449 e. The van der Waals surface area contributed by atoms with Crippen LogP contribution < -0.4 is 4.90 Å². The van der Waals surface area contributed by atoms with E-state index in [9.17, 15) is 35.9 Å². The number of alkyl halides is 6. The fourth-order valence-electron chi connectivity index (χ4n) is 4.44. The number of halogens is 7. The van der Waals surface area contributed by atoms with Gasteiger partial charge in [-0.1, -0.05) is 0 Å². The van der Waals surface area contributed by atoms with E-state index in [0.717, 1.165) is 9.13 Å². The largest absolute Gasteiger partial charge is 0.449 e. The molecule has 18 heteroatoms. The number of amides is 2. The van der Waals surface area contributed by atoms with Gasteiger partial charge in [-0.2, -0.15) is 26.3 Å². The summed E-state index contributed by atoms with van der Waals surface area (Å²) in [4.78, 5) is 35.6. The smallest absolute Gasteiger partial charge is 0.444 e. The lowest BCUT2D eigenvalue weighted by molar-refractivity contribution is -0.148. The summed E-state index contributed by atoms with van der Waals surface area (Å²) in [6.45, 7) is 10.8. The Morgan fingerprint density at radius 1 is 0.705 bits per heavy atom. The summed E-state index contributed by atoms with van der Waals surface area (Å²) in [7, 11) is 3.24. The highest BCUT2D eigenvalue weighted by Crippen LogP contribution is 2.36. The molecular formula is C26H36BrF6N7O4. The summed E-state index contributed by atoms with van der Waals surface area (Å²) >= 11 is 3.02. The summed E-state index contributed by atoms with van der Waals surface area (Å²) in [6, 6.07) is 0. The first-order chi connectivity index (χ1) is 19.9. The Hall–Kier alpha value is -3.18. The van der Waals surface area contributed by atoms with E-state index in [4.69, 9.17) is 9.47 Å². The average Bonchev–Trinajstić information content (AvgIpc) is 3.40. The van der Waals surface area contributed by atoms with E-state index in [2.05, 4.69) is 25.9 Å². The van der Waals surface area contributed by atoms with Crippen LogP contribution in [-0.4, -0.2) is 79.5 Å². The lowest BCUT2D eigenvalue weighted by Crippen LogP contribution is -2.42. The molecule has 0 aliphatic carbocycles. The molecule has 2 aromatic rings. The maximum absolute atomic E-state index is 13.1. The summed E-state index contributed by atoms with van der Waals surface area (Å²) < 4.78 is 90.8. The highest BCUT2D eigenvalue weighted by atomic mass is 79.9. The number of ether oxygens (including phenoxy) is 2. The number of hydrogen-bond donors (Lipinski definition) is 0. The molecule has 4 heterocycles. The van der Waals surface area contributed by atoms with Crippen molar-refractivity contribution in [3.8, 4) is 0 Å². The zero-order valence-electron chi connectivity index (χ0n) is 25.7. The summed E-state index contributed by atoms with van der Waals surface area (Å²) in [5, 5.41) is 0. The van der Waals surface area contributed by atoms with E-state index in [0.29, 0.717) is 11.4 Å². The minimum atomic E-state index is -4.53. The van der Waals surface area contributed by atoms with Crippen molar-refractivity contribution in [3.63, 3.8) is 0 Å². The highest BCUT2D eigenvalue weighted by molar-refractivity contribution is 9.10. The zero-order valence-corrected chi connectivity index (χ0v) is 27.2. The van der Waals surface area contributed by atoms with Crippen molar-refractivity contribution in [2.45, 2.75) is 91.3 Å². The molecule has 44 heavy (non-hydrogen) atoms. The molecule has 0 saturated carbocycles.